The first-order valence-electron chi connectivity index (χ1n) is 6.81. The van der Waals surface area contributed by atoms with Crippen molar-refractivity contribution in [2.24, 2.45) is 5.92 Å². The van der Waals surface area contributed by atoms with Crippen molar-refractivity contribution >= 4 is 17.6 Å². The number of benzene rings is 1. The van der Waals surface area contributed by atoms with Gasteiger partial charge in [0, 0.05) is 6.54 Å². The SMILES string of the molecule is CCOc1ccc(CN[C@@H](CC(C)C)C(=O)O)cc1Cl. The Labute approximate surface area is 125 Å². The first-order chi connectivity index (χ1) is 9.43. The van der Waals surface area contributed by atoms with Crippen molar-refractivity contribution in [1.29, 1.82) is 0 Å². The summed E-state index contributed by atoms with van der Waals surface area (Å²) in [5, 5.41) is 12.8. The third kappa shape index (κ3) is 5.39. The van der Waals surface area contributed by atoms with Crippen LogP contribution in [0.4, 0.5) is 0 Å². The summed E-state index contributed by atoms with van der Waals surface area (Å²) in [5.41, 5.74) is 0.938. The van der Waals surface area contributed by atoms with Crippen LogP contribution in [0.2, 0.25) is 5.02 Å². The van der Waals surface area contributed by atoms with Crippen molar-refractivity contribution in [3.8, 4) is 5.75 Å². The fraction of sp³-hybridized carbons (Fsp3) is 0.533. The Morgan fingerprint density at radius 3 is 2.65 bits per heavy atom. The molecular weight excluding hydrogens is 278 g/mol. The summed E-state index contributed by atoms with van der Waals surface area (Å²) in [5.74, 6) is 0.151. The Morgan fingerprint density at radius 1 is 1.45 bits per heavy atom. The topological polar surface area (TPSA) is 58.6 Å². The van der Waals surface area contributed by atoms with Gasteiger partial charge in [-0.05, 0) is 37.0 Å². The minimum atomic E-state index is -0.823. The number of hydrogen-bond acceptors (Lipinski definition) is 3. The second-order valence-electron chi connectivity index (χ2n) is 5.10. The highest BCUT2D eigenvalue weighted by Gasteiger charge is 2.18. The van der Waals surface area contributed by atoms with Gasteiger partial charge in [0.05, 0.1) is 11.6 Å². The molecule has 0 fully saturated rings. The lowest BCUT2D eigenvalue weighted by molar-refractivity contribution is -0.140. The van der Waals surface area contributed by atoms with Crippen molar-refractivity contribution in [2.75, 3.05) is 6.61 Å². The molecule has 1 rings (SSSR count). The number of ether oxygens (including phenoxy) is 1. The molecule has 0 aliphatic heterocycles. The molecule has 5 heteroatoms. The third-order valence-corrected chi connectivity index (χ3v) is 3.15. The zero-order valence-electron chi connectivity index (χ0n) is 12.1. The molecule has 112 valence electrons. The fourth-order valence-electron chi connectivity index (χ4n) is 1.91. The molecule has 0 heterocycles. The van der Waals surface area contributed by atoms with Gasteiger partial charge in [-0.3, -0.25) is 4.79 Å². The summed E-state index contributed by atoms with van der Waals surface area (Å²) in [6.07, 6.45) is 0.597. The molecule has 1 atom stereocenters. The van der Waals surface area contributed by atoms with Crippen molar-refractivity contribution in [2.45, 2.75) is 39.8 Å². The van der Waals surface area contributed by atoms with E-state index in [-0.39, 0.29) is 0 Å². The first kappa shape index (κ1) is 16.8. The Bertz CT molecular complexity index is 449. The van der Waals surface area contributed by atoms with Crippen LogP contribution in [0.5, 0.6) is 5.75 Å². The van der Waals surface area contributed by atoms with Crippen molar-refractivity contribution in [3.05, 3.63) is 28.8 Å². The van der Waals surface area contributed by atoms with E-state index in [1.807, 2.05) is 26.8 Å². The van der Waals surface area contributed by atoms with E-state index in [2.05, 4.69) is 5.32 Å². The second-order valence-corrected chi connectivity index (χ2v) is 5.51. The number of halogens is 1. The van der Waals surface area contributed by atoms with Crippen LogP contribution < -0.4 is 10.1 Å². The van der Waals surface area contributed by atoms with E-state index in [9.17, 15) is 4.79 Å². The Balaban J connectivity index is 2.64. The van der Waals surface area contributed by atoms with E-state index in [0.29, 0.717) is 36.3 Å². The van der Waals surface area contributed by atoms with E-state index in [4.69, 9.17) is 21.4 Å². The van der Waals surface area contributed by atoms with Crippen LogP contribution in [0.3, 0.4) is 0 Å². The molecular formula is C15H22ClNO3. The third-order valence-electron chi connectivity index (χ3n) is 2.85. The molecule has 0 radical (unpaired) electrons. The van der Waals surface area contributed by atoms with E-state index in [1.54, 1.807) is 12.1 Å². The van der Waals surface area contributed by atoms with Gasteiger partial charge in [0.25, 0.3) is 0 Å². The lowest BCUT2D eigenvalue weighted by Crippen LogP contribution is -2.37. The standard InChI is InChI=1S/C15H22ClNO3/c1-4-20-14-6-5-11(8-12(14)16)9-17-13(15(18)19)7-10(2)3/h5-6,8,10,13,17H,4,7,9H2,1-3H3,(H,18,19)/t13-/m0/s1. The number of carboxylic acid groups (broad SMARTS) is 1. The summed E-state index contributed by atoms with van der Waals surface area (Å²) in [7, 11) is 0. The molecule has 0 spiro atoms. The highest BCUT2D eigenvalue weighted by Crippen LogP contribution is 2.25. The summed E-state index contributed by atoms with van der Waals surface area (Å²) in [4.78, 5) is 11.2. The number of carboxylic acids is 1. The predicted octanol–water partition coefficient (Wildman–Crippen LogP) is 3.33. The van der Waals surface area contributed by atoms with Crippen LogP contribution in [-0.2, 0) is 11.3 Å². The Hall–Kier alpha value is -1.26. The summed E-state index contributed by atoms with van der Waals surface area (Å²) < 4.78 is 5.36. The van der Waals surface area contributed by atoms with Crippen LogP contribution in [-0.4, -0.2) is 23.7 Å². The van der Waals surface area contributed by atoms with Crippen LogP contribution >= 0.6 is 11.6 Å². The Morgan fingerprint density at radius 2 is 2.15 bits per heavy atom. The van der Waals surface area contributed by atoms with Crippen LogP contribution in [0.25, 0.3) is 0 Å². The molecule has 0 saturated carbocycles. The maximum Gasteiger partial charge on any atom is 0.320 e. The average Bonchev–Trinajstić information content (AvgIpc) is 2.37. The van der Waals surface area contributed by atoms with Crippen LogP contribution in [0.15, 0.2) is 18.2 Å². The molecule has 0 unspecified atom stereocenters. The summed E-state index contributed by atoms with van der Waals surface area (Å²) >= 11 is 6.10. The largest absolute Gasteiger partial charge is 0.492 e. The lowest BCUT2D eigenvalue weighted by atomic mass is 10.0. The normalized spacial score (nSPS) is 12.4. The number of nitrogens with one attached hydrogen (secondary N) is 1. The van der Waals surface area contributed by atoms with E-state index < -0.39 is 12.0 Å². The minimum Gasteiger partial charge on any atom is -0.492 e. The van der Waals surface area contributed by atoms with Gasteiger partial charge in [0.15, 0.2) is 0 Å². The monoisotopic (exact) mass is 299 g/mol. The number of rotatable bonds is 8. The molecule has 2 N–H and O–H groups in total. The van der Waals surface area contributed by atoms with Gasteiger partial charge in [-0.2, -0.15) is 0 Å². The van der Waals surface area contributed by atoms with Gasteiger partial charge in [-0.15, -0.1) is 0 Å². The zero-order valence-corrected chi connectivity index (χ0v) is 12.9. The second kappa shape index (κ2) is 8.12. The number of aliphatic carboxylic acids is 1. The van der Waals surface area contributed by atoms with Crippen molar-refractivity contribution < 1.29 is 14.6 Å². The minimum absolute atomic E-state index is 0.326. The van der Waals surface area contributed by atoms with Crippen LogP contribution in [0.1, 0.15) is 32.8 Å². The van der Waals surface area contributed by atoms with Gasteiger partial charge >= 0.3 is 5.97 Å². The molecule has 4 nitrogen and oxygen atoms in total. The molecule has 0 aromatic heterocycles. The number of hydrogen-bond donors (Lipinski definition) is 2. The van der Waals surface area contributed by atoms with Gasteiger partial charge < -0.3 is 15.2 Å². The van der Waals surface area contributed by atoms with Crippen molar-refractivity contribution in [3.63, 3.8) is 0 Å². The maximum atomic E-state index is 11.2. The molecule has 0 aliphatic rings. The van der Waals surface area contributed by atoms with Gasteiger partial charge in [-0.25, -0.2) is 0 Å². The van der Waals surface area contributed by atoms with E-state index in [0.717, 1.165) is 5.56 Å². The van der Waals surface area contributed by atoms with Gasteiger partial charge in [0.2, 0.25) is 0 Å². The summed E-state index contributed by atoms with van der Waals surface area (Å²) in [6, 6.07) is 4.95. The van der Waals surface area contributed by atoms with Gasteiger partial charge in [0.1, 0.15) is 11.8 Å². The van der Waals surface area contributed by atoms with Crippen LogP contribution in [0, 0.1) is 5.92 Å². The number of carbonyl (C=O) groups is 1. The molecule has 1 aromatic carbocycles. The summed E-state index contributed by atoms with van der Waals surface area (Å²) in [6.45, 7) is 6.94. The molecule has 20 heavy (non-hydrogen) atoms. The average molecular weight is 300 g/mol. The molecule has 1 aromatic rings. The molecule has 0 saturated heterocycles. The maximum absolute atomic E-state index is 11.2. The van der Waals surface area contributed by atoms with Gasteiger partial charge in [-0.1, -0.05) is 31.5 Å². The molecule has 0 amide bonds. The zero-order chi connectivity index (χ0) is 15.1. The Kier molecular flexibility index (Phi) is 6.82. The predicted molar refractivity (Wildman–Crippen MR) is 80.3 cm³/mol. The smallest absolute Gasteiger partial charge is 0.320 e. The van der Waals surface area contributed by atoms with E-state index in [1.165, 1.54) is 0 Å². The fourth-order valence-corrected chi connectivity index (χ4v) is 2.17. The van der Waals surface area contributed by atoms with Crippen molar-refractivity contribution in [1.82, 2.24) is 5.32 Å². The highest BCUT2D eigenvalue weighted by atomic mass is 35.5. The first-order valence-corrected chi connectivity index (χ1v) is 7.19. The molecule has 0 bridgehead atoms. The quantitative estimate of drug-likeness (QED) is 0.773. The highest BCUT2D eigenvalue weighted by molar-refractivity contribution is 6.32. The lowest BCUT2D eigenvalue weighted by Gasteiger charge is -2.17. The van der Waals surface area contributed by atoms with E-state index >= 15 is 0 Å². The molecule has 0 aliphatic carbocycles.